The van der Waals surface area contributed by atoms with E-state index in [1.165, 1.54) is 24.3 Å². The largest absolute Gasteiger partial charge is 0.362 e. The number of benzene rings is 2. The summed E-state index contributed by atoms with van der Waals surface area (Å²) in [6.45, 7) is 0.784. The van der Waals surface area contributed by atoms with Crippen LogP contribution in [0, 0.1) is 5.82 Å². The molecule has 158 valence electrons. The number of rotatable bonds is 5. The average Bonchev–Trinajstić information content (AvgIpc) is 3.05. The average molecular weight is 430 g/mol. The first-order valence-corrected chi connectivity index (χ1v) is 11.5. The van der Waals surface area contributed by atoms with Crippen molar-refractivity contribution < 1.29 is 17.6 Å². The van der Waals surface area contributed by atoms with E-state index in [-0.39, 0.29) is 16.6 Å². The number of anilines is 1. The fraction of sp³-hybridized carbons (Fsp3) is 0.364. The number of hydrogen-bond acceptors (Lipinski definition) is 3. The van der Waals surface area contributed by atoms with Gasteiger partial charge in [0.05, 0.1) is 10.3 Å². The van der Waals surface area contributed by atoms with Crippen molar-refractivity contribution >= 4 is 27.5 Å². The molecular formula is C22H24FN3O3S. The van der Waals surface area contributed by atoms with Gasteiger partial charge in [-0.3, -0.25) is 4.79 Å². The Bertz CT molecular complexity index is 1110. The van der Waals surface area contributed by atoms with E-state index in [0.29, 0.717) is 36.3 Å². The molecule has 0 atom stereocenters. The van der Waals surface area contributed by atoms with E-state index < -0.39 is 15.4 Å². The SMILES string of the molecule is CN1CCC/C1=N\S(=O)(=O)c1cccc(NC(=O)C2(c3cccc(F)c3)CCC2)c1. The second kappa shape index (κ2) is 7.83. The molecule has 0 unspecified atom stereocenters. The predicted molar refractivity (Wildman–Crippen MR) is 113 cm³/mol. The number of amidine groups is 1. The van der Waals surface area contributed by atoms with Crippen molar-refractivity contribution in [3.8, 4) is 0 Å². The zero-order chi connectivity index (χ0) is 21.4. The summed E-state index contributed by atoms with van der Waals surface area (Å²) in [7, 11) is -2.05. The first kappa shape index (κ1) is 20.5. The zero-order valence-electron chi connectivity index (χ0n) is 16.8. The number of likely N-dealkylation sites (tertiary alicyclic amines) is 1. The molecule has 0 bridgehead atoms. The number of nitrogens with zero attached hydrogens (tertiary/aromatic N) is 2. The van der Waals surface area contributed by atoms with Crippen LogP contribution in [0.5, 0.6) is 0 Å². The molecule has 4 rings (SSSR count). The molecule has 30 heavy (non-hydrogen) atoms. The maximum atomic E-state index is 13.7. The smallest absolute Gasteiger partial charge is 0.284 e. The van der Waals surface area contributed by atoms with Crippen molar-refractivity contribution in [2.24, 2.45) is 4.40 Å². The highest BCUT2D eigenvalue weighted by Gasteiger charge is 2.45. The fourth-order valence-corrected chi connectivity index (χ4v) is 5.19. The van der Waals surface area contributed by atoms with Gasteiger partial charge in [-0.05, 0) is 55.2 Å². The maximum Gasteiger partial charge on any atom is 0.284 e. The van der Waals surface area contributed by atoms with Crippen LogP contribution in [0.2, 0.25) is 0 Å². The molecule has 1 saturated carbocycles. The summed E-state index contributed by atoms with van der Waals surface area (Å²) < 4.78 is 43.1. The van der Waals surface area contributed by atoms with E-state index >= 15 is 0 Å². The van der Waals surface area contributed by atoms with E-state index in [1.807, 2.05) is 11.9 Å². The third-order valence-electron chi connectivity index (χ3n) is 5.97. The van der Waals surface area contributed by atoms with Gasteiger partial charge >= 0.3 is 0 Å². The predicted octanol–water partition coefficient (Wildman–Crippen LogP) is 3.70. The molecule has 1 aliphatic carbocycles. The number of nitrogens with one attached hydrogen (secondary N) is 1. The number of amides is 1. The quantitative estimate of drug-likeness (QED) is 0.786. The zero-order valence-corrected chi connectivity index (χ0v) is 17.6. The van der Waals surface area contributed by atoms with Gasteiger partial charge in [-0.2, -0.15) is 8.42 Å². The highest BCUT2D eigenvalue weighted by molar-refractivity contribution is 7.90. The van der Waals surface area contributed by atoms with Gasteiger partial charge < -0.3 is 10.2 Å². The Morgan fingerprint density at radius 2 is 1.90 bits per heavy atom. The Balaban J connectivity index is 1.58. The van der Waals surface area contributed by atoms with Gasteiger partial charge in [0.2, 0.25) is 5.91 Å². The van der Waals surface area contributed by atoms with Crippen LogP contribution in [0.4, 0.5) is 10.1 Å². The summed E-state index contributed by atoms with van der Waals surface area (Å²) in [5.74, 6) is -0.0876. The summed E-state index contributed by atoms with van der Waals surface area (Å²) in [4.78, 5) is 15.0. The van der Waals surface area contributed by atoms with Gasteiger partial charge in [-0.15, -0.1) is 4.40 Å². The van der Waals surface area contributed by atoms with Crippen LogP contribution in [0.15, 0.2) is 57.8 Å². The minimum Gasteiger partial charge on any atom is -0.362 e. The Labute approximate surface area is 175 Å². The van der Waals surface area contributed by atoms with Crippen molar-refractivity contribution in [1.29, 1.82) is 0 Å². The summed E-state index contributed by atoms with van der Waals surface area (Å²) in [6, 6.07) is 12.2. The number of carbonyl (C=O) groups excluding carboxylic acids is 1. The number of halogens is 1. The van der Waals surface area contributed by atoms with Crippen molar-refractivity contribution in [2.45, 2.75) is 42.4 Å². The fourth-order valence-electron chi connectivity index (χ4n) is 4.05. The minimum atomic E-state index is -3.87. The van der Waals surface area contributed by atoms with Gasteiger partial charge in [0, 0.05) is 25.7 Å². The third-order valence-corrected chi connectivity index (χ3v) is 7.27. The minimum absolute atomic E-state index is 0.0292. The number of sulfonamides is 1. The first-order chi connectivity index (χ1) is 14.3. The monoisotopic (exact) mass is 429 g/mol. The third kappa shape index (κ3) is 3.84. The molecule has 0 aromatic heterocycles. The lowest BCUT2D eigenvalue weighted by molar-refractivity contribution is -0.124. The first-order valence-electron chi connectivity index (χ1n) is 10.0. The van der Waals surface area contributed by atoms with Crippen molar-refractivity contribution in [1.82, 2.24) is 4.90 Å². The van der Waals surface area contributed by atoms with E-state index in [1.54, 1.807) is 24.3 Å². The summed E-state index contributed by atoms with van der Waals surface area (Å²) in [6.07, 6.45) is 3.63. The van der Waals surface area contributed by atoms with Crippen LogP contribution in [-0.2, 0) is 20.2 Å². The second-order valence-electron chi connectivity index (χ2n) is 7.94. The van der Waals surface area contributed by atoms with Crippen LogP contribution < -0.4 is 5.32 Å². The van der Waals surface area contributed by atoms with Crippen molar-refractivity contribution in [2.75, 3.05) is 18.9 Å². The number of carbonyl (C=O) groups is 1. The van der Waals surface area contributed by atoms with Crippen LogP contribution in [0.3, 0.4) is 0 Å². The molecule has 1 N–H and O–H groups in total. The topological polar surface area (TPSA) is 78.8 Å². The lowest BCUT2D eigenvalue weighted by Crippen LogP contribution is -2.46. The molecule has 2 aliphatic rings. The molecule has 8 heteroatoms. The van der Waals surface area contributed by atoms with E-state index in [2.05, 4.69) is 9.71 Å². The van der Waals surface area contributed by atoms with Crippen molar-refractivity contribution in [3.63, 3.8) is 0 Å². The van der Waals surface area contributed by atoms with Crippen molar-refractivity contribution in [3.05, 3.63) is 59.9 Å². The standard InChI is InChI=1S/C22H24FN3O3S/c1-26-13-4-10-20(26)25-30(28,29)19-9-3-8-18(15-19)24-21(27)22(11-5-12-22)16-6-2-7-17(23)14-16/h2-3,6-9,14-15H,4-5,10-13H2,1H3,(H,24,27)/b25-20+. The summed E-state index contributed by atoms with van der Waals surface area (Å²) in [5, 5.41) is 2.83. The molecule has 2 aromatic carbocycles. The Kier molecular flexibility index (Phi) is 5.36. The van der Waals surface area contributed by atoms with E-state index in [4.69, 9.17) is 0 Å². The lowest BCUT2D eigenvalue weighted by atomic mass is 9.63. The van der Waals surface area contributed by atoms with E-state index in [9.17, 15) is 17.6 Å². The molecule has 2 aromatic rings. The van der Waals surface area contributed by atoms with Gasteiger partial charge in [0.1, 0.15) is 11.7 Å². The van der Waals surface area contributed by atoms with Gasteiger partial charge in [-0.25, -0.2) is 4.39 Å². The highest BCUT2D eigenvalue weighted by atomic mass is 32.2. The van der Waals surface area contributed by atoms with Crippen LogP contribution in [0.25, 0.3) is 0 Å². The second-order valence-corrected chi connectivity index (χ2v) is 9.54. The lowest BCUT2D eigenvalue weighted by Gasteiger charge is -2.40. The summed E-state index contributed by atoms with van der Waals surface area (Å²) >= 11 is 0. The van der Waals surface area contributed by atoms with E-state index in [0.717, 1.165) is 19.4 Å². The molecule has 1 heterocycles. The normalized spacial score (nSPS) is 19.5. The molecule has 1 saturated heterocycles. The van der Waals surface area contributed by atoms with Crippen LogP contribution in [-0.4, -0.2) is 38.7 Å². The molecule has 1 aliphatic heterocycles. The van der Waals surface area contributed by atoms with Crippen LogP contribution >= 0.6 is 0 Å². The molecule has 1 amide bonds. The summed E-state index contributed by atoms with van der Waals surface area (Å²) in [5.41, 5.74) is 0.235. The molecule has 2 fully saturated rings. The van der Waals surface area contributed by atoms with Gasteiger partial charge in [-0.1, -0.05) is 24.6 Å². The highest BCUT2D eigenvalue weighted by Crippen LogP contribution is 2.44. The maximum absolute atomic E-state index is 13.7. The number of hydrogen-bond donors (Lipinski definition) is 1. The molecule has 0 radical (unpaired) electrons. The molecule has 0 spiro atoms. The molecular weight excluding hydrogens is 405 g/mol. The van der Waals surface area contributed by atoms with Gasteiger partial charge in [0.15, 0.2) is 0 Å². The van der Waals surface area contributed by atoms with Crippen LogP contribution in [0.1, 0.15) is 37.7 Å². The Morgan fingerprint density at radius 3 is 2.53 bits per heavy atom. The Morgan fingerprint density at radius 1 is 1.13 bits per heavy atom. The van der Waals surface area contributed by atoms with Gasteiger partial charge in [0.25, 0.3) is 10.0 Å². The molecule has 6 nitrogen and oxygen atoms in total. The Hall–Kier alpha value is -2.74.